The molecule has 0 saturated heterocycles. The van der Waals surface area contributed by atoms with E-state index in [9.17, 15) is 4.79 Å². The molecule has 0 aliphatic heterocycles. The zero-order valence-electron chi connectivity index (χ0n) is 11.0. The Morgan fingerprint density at radius 1 is 0.789 bits per heavy atom. The Bertz CT molecular complexity index is 546. The van der Waals surface area contributed by atoms with E-state index in [1.54, 1.807) is 0 Å². The molecule has 0 atom stereocenters. The van der Waals surface area contributed by atoms with Crippen LogP contribution in [-0.4, -0.2) is 5.78 Å². The van der Waals surface area contributed by atoms with Crippen molar-refractivity contribution in [2.24, 2.45) is 5.92 Å². The van der Waals surface area contributed by atoms with E-state index < -0.39 is 0 Å². The molecular weight excluding hydrogens is 232 g/mol. The van der Waals surface area contributed by atoms with Crippen LogP contribution in [0.5, 0.6) is 0 Å². The largest absolute Gasteiger partial charge is 0.300 e. The van der Waals surface area contributed by atoms with E-state index in [0.717, 1.165) is 25.7 Å². The van der Waals surface area contributed by atoms with Crippen LogP contribution in [-0.2, 0) is 17.6 Å². The van der Waals surface area contributed by atoms with E-state index in [4.69, 9.17) is 0 Å². The first-order valence-electron chi connectivity index (χ1n) is 6.93. The second kappa shape index (κ2) is 5.40. The maximum Gasteiger partial charge on any atom is 0.133 e. The molecule has 0 aromatic heterocycles. The molecule has 0 heterocycles. The van der Waals surface area contributed by atoms with Gasteiger partial charge in [-0.15, -0.1) is 0 Å². The number of hydrogen-bond donors (Lipinski definition) is 0. The number of carbonyl (C=O) groups is 1. The highest BCUT2D eigenvalue weighted by molar-refractivity contribution is 5.84. The highest BCUT2D eigenvalue weighted by Gasteiger charge is 2.26. The van der Waals surface area contributed by atoms with Gasteiger partial charge in [-0.3, -0.25) is 4.79 Å². The van der Waals surface area contributed by atoms with Gasteiger partial charge in [-0.25, -0.2) is 0 Å². The average molecular weight is 250 g/mol. The molecule has 3 rings (SSSR count). The molecule has 1 nitrogen and oxygen atoms in total. The van der Waals surface area contributed by atoms with Crippen LogP contribution in [0, 0.1) is 5.92 Å². The van der Waals surface area contributed by atoms with Crippen LogP contribution >= 0.6 is 0 Å². The monoisotopic (exact) mass is 250 g/mol. The van der Waals surface area contributed by atoms with Crippen LogP contribution in [0.15, 0.2) is 54.6 Å². The molecule has 0 bridgehead atoms. The Balaban J connectivity index is 1.61. The number of benzene rings is 2. The Morgan fingerprint density at radius 2 is 1.37 bits per heavy atom. The fraction of sp³-hybridized carbons (Fsp3) is 0.278. The lowest BCUT2D eigenvalue weighted by molar-refractivity contribution is -0.126. The summed E-state index contributed by atoms with van der Waals surface area (Å²) >= 11 is 0. The summed E-state index contributed by atoms with van der Waals surface area (Å²) in [7, 11) is 0. The zero-order chi connectivity index (χ0) is 13.1. The molecular formula is C18H18O. The van der Waals surface area contributed by atoms with E-state index in [0.29, 0.717) is 11.7 Å². The summed E-state index contributed by atoms with van der Waals surface area (Å²) in [6.45, 7) is 0. The van der Waals surface area contributed by atoms with Crippen molar-refractivity contribution in [1.29, 1.82) is 0 Å². The van der Waals surface area contributed by atoms with Crippen molar-refractivity contribution < 1.29 is 4.79 Å². The van der Waals surface area contributed by atoms with Gasteiger partial charge in [0, 0.05) is 12.8 Å². The van der Waals surface area contributed by atoms with Gasteiger partial charge in [-0.1, -0.05) is 54.6 Å². The SMILES string of the molecule is O=C1CC(Cc2ccc(Cc3ccccc3)cc2)C1. The number of hydrogen-bond acceptors (Lipinski definition) is 1. The third-order valence-electron chi connectivity index (χ3n) is 3.83. The lowest BCUT2D eigenvalue weighted by Crippen LogP contribution is -2.24. The third kappa shape index (κ3) is 3.11. The Kier molecular flexibility index (Phi) is 3.45. The summed E-state index contributed by atoms with van der Waals surface area (Å²) in [6, 6.07) is 19.4. The highest BCUT2D eigenvalue weighted by atomic mass is 16.1. The van der Waals surface area contributed by atoms with Gasteiger partial charge in [-0.05, 0) is 35.4 Å². The molecule has 0 spiro atoms. The van der Waals surface area contributed by atoms with Crippen LogP contribution in [0.4, 0.5) is 0 Å². The molecule has 1 saturated carbocycles. The van der Waals surface area contributed by atoms with E-state index in [1.807, 2.05) is 6.07 Å². The minimum absolute atomic E-state index is 0.422. The molecule has 0 N–H and O–H groups in total. The van der Waals surface area contributed by atoms with Gasteiger partial charge < -0.3 is 0 Å². The van der Waals surface area contributed by atoms with E-state index >= 15 is 0 Å². The summed E-state index contributed by atoms with van der Waals surface area (Å²) in [6.07, 6.45) is 3.61. The first-order chi connectivity index (χ1) is 9.29. The molecule has 1 heteroatoms. The van der Waals surface area contributed by atoms with Crippen molar-refractivity contribution in [2.45, 2.75) is 25.7 Å². The minimum atomic E-state index is 0.422. The summed E-state index contributed by atoms with van der Waals surface area (Å²) in [5, 5.41) is 0. The number of ketones is 1. The van der Waals surface area contributed by atoms with Crippen molar-refractivity contribution >= 4 is 5.78 Å². The normalized spacial score (nSPS) is 15.3. The Hall–Kier alpha value is -1.89. The van der Waals surface area contributed by atoms with Crippen LogP contribution in [0.1, 0.15) is 29.5 Å². The lowest BCUT2D eigenvalue weighted by atomic mass is 9.80. The van der Waals surface area contributed by atoms with Crippen LogP contribution in [0.2, 0.25) is 0 Å². The number of rotatable bonds is 4. The maximum atomic E-state index is 11.0. The number of Topliss-reactive ketones (excluding diaryl/α,β-unsaturated/α-hetero) is 1. The van der Waals surface area contributed by atoms with Gasteiger partial charge >= 0.3 is 0 Å². The van der Waals surface area contributed by atoms with Gasteiger partial charge in [0.25, 0.3) is 0 Å². The van der Waals surface area contributed by atoms with Crippen LogP contribution in [0.3, 0.4) is 0 Å². The summed E-state index contributed by atoms with van der Waals surface area (Å²) in [5.74, 6) is 1.01. The predicted octanol–water partition coefficient (Wildman–Crippen LogP) is 3.80. The highest BCUT2D eigenvalue weighted by Crippen LogP contribution is 2.26. The topological polar surface area (TPSA) is 17.1 Å². The van der Waals surface area contributed by atoms with E-state index in [2.05, 4.69) is 48.5 Å². The molecule has 19 heavy (non-hydrogen) atoms. The molecule has 2 aromatic rings. The first-order valence-corrected chi connectivity index (χ1v) is 6.93. The zero-order valence-corrected chi connectivity index (χ0v) is 11.0. The summed E-state index contributed by atoms with van der Waals surface area (Å²) in [4.78, 5) is 11.0. The average Bonchev–Trinajstić information content (AvgIpc) is 2.40. The van der Waals surface area contributed by atoms with Gasteiger partial charge in [-0.2, -0.15) is 0 Å². The second-order valence-electron chi connectivity index (χ2n) is 5.50. The van der Waals surface area contributed by atoms with Crippen molar-refractivity contribution in [2.75, 3.05) is 0 Å². The van der Waals surface area contributed by atoms with Crippen LogP contribution in [0.25, 0.3) is 0 Å². The standard InChI is InChI=1S/C18H18O/c19-18-12-17(13-18)11-16-8-6-15(7-9-16)10-14-4-2-1-3-5-14/h1-9,17H,10-13H2. The second-order valence-corrected chi connectivity index (χ2v) is 5.50. The van der Waals surface area contributed by atoms with E-state index in [-0.39, 0.29) is 0 Å². The molecule has 0 unspecified atom stereocenters. The van der Waals surface area contributed by atoms with Gasteiger partial charge in [0.15, 0.2) is 0 Å². The predicted molar refractivity (Wildman–Crippen MR) is 77.1 cm³/mol. The Morgan fingerprint density at radius 3 is 2.00 bits per heavy atom. The van der Waals surface area contributed by atoms with Gasteiger partial charge in [0.05, 0.1) is 0 Å². The van der Waals surface area contributed by atoms with Gasteiger partial charge in [0.1, 0.15) is 5.78 Å². The third-order valence-corrected chi connectivity index (χ3v) is 3.83. The van der Waals surface area contributed by atoms with Crippen LogP contribution < -0.4 is 0 Å². The first kappa shape index (κ1) is 12.2. The van der Waals surface area contributed by atoms with Gasteiger partial charge in [0.2, 0.25) is 0 Å². The number of carbonyl (C=O) groups excluding carboxylic acids is 1. The van der Waals surface area contributed by atoms with Crippen molar-refractivity contribution in [3.8, 4) is 0 Å². The summed E-state index contributed by atoms with van der Waals surface area (Å²) < 4.78 is 0. The Labute approximate surface area is 114 Å². The fourth-order valence-electron chi connectivity index (χ4n) is 2.69. The molecule has 1 aliphatic carbocycles. The molecule has 0 amide bonds. The molecule has 2 aromatic carbocycles. The minimum Gasteiger partial charge on any atom is -0.300 e. The molecule has 0 radical (unpaired) electrons. The van der Waals surface area contributed by atoms with Crippen molar-refractivity contribution in [3.05, 3.63) is 71.3 Å². The van der Waals surface area contributed by atoms with E-state index in [1.165, 1.54) is 16.7 Å². The molecule has 1 aliphatic rings. The smallest absolute Gasteiger partial charge is 0.133 e. The van der Waals surface area contributed by atoms with Crippen molar-refractivity contribution in [3.63, 3.8) is 0 Å². The summed E-state index contributed by atoms with van der Waals surface area (Å²) in [5.41, 5.74) is 4.05. The molecule has 1 fully saturated rings. The maximum absolute atomic E-state index is 11.0. The fourth-order valence-corrected chi connectivity index (χ4v) is 2.69. The lowest BCUT2D eigenvalue weighted by Gasteiger charge is -2.23. The quantitative estimate of drug-likeness (QED) is 0.806. The van der Waals surface area contributed by atoms with Crippen molar-refractivity contribution in [1.82, 2.24) is 0 Å². The molecule has 96 valence electrons.